The molecule has 0 aliphatic carbocycles. The first-order valence-corrected chi connectivity index (χ1v) is 7.71. The van der Waals surface area contributed by atoms with Crippen molar-refractivity contribution >= 4 is 10.8 Å². The van der Waals surface area contributed by atoms with Gasteiger partial charge in [-0.05, 0) is 29.0 Å². The van der Waals surface area contributed by atoms with Gasteiger partial charge in [0.1, 0.15) is 5.69 Å². The Hall–Kier alpha value is -3.00. The highest BCUT2D eigenvalue weighted by Crippen LogP contribution is 2.18. The fourth-order valence-corrected chi connectivity index (χ4v) is 2.86. The highest BCUT2D eigenvalue weighted by atomic mass is 15.0. The van der Waals surface area contributed by atoms with E-state index in [0.29, 0.717) is 0 Å². The Morgan fingerprint density at radius 3 is 2.22 bits per heavy atom. The van der Waals surface area contributed by atoms with E-state index in [-0.39, 0.29) is 0 Å². The predicted molar refractivity (Wildman–Crippen MR) is 90.6 cm³/mol. The molecule has 0 unspecified atom stereocenters. The van der Waals surface area contributed by atoms with Crippen LogP contribution in [0.3, 0.4) is 0 Å². The van der Waals surface area contributed by atoms with Gasteiger partial charge in [-0.3, -0.25) is 4.57 Å². The molecule has 2 aromatic carbocycles. The zero-order chi connectivity index (χ0) is 15.6. The molecule has 4 rings (SSSR count). The first-order valence-electron chi connectivity index (χ1n) is 7.71. The molecule has 2 heterocycles. The van der Waals surface area contributed by atoms with Crippen LogP contribution in [0.15, 0.2) is 85.2 Å². The van der Waals surface area contributed by atoms with Crippen molar-refractivity contribution in [2.45, 2.75) is 6.92 Å². The van der Waals surface area contributed by atoms with E-state index in [1.165, 1.54) is 22.2 Å². The van der Waals surface area contributed by atoms with Crippen LogP contribution in [0.25, 0.3) is 22.1 Å². The molecule has 0 aliphatic rings. The van der Waals surface area contributed by atoms with E-state index in [9.17, 15) is 0 Å². The summed E-state index contributed by atoms with van der Waals surface area (Å²) in [5, 5.41) is 2.46. The summed E-state index contributed by atoms with van der Waals surface area (Å²) < 4.78 is 4.20. The highest BCUT2D eigenvalue weighted by molar-refractivity contribution is 5.85. The minimum absolute atomic E-state index is 1.12. The van der Waals surface area contributed by atoms with Crippen molar-refractivity contribution in [3.8, 4) is 11.4 Å². The Morgan fingerprint density at radius 1 is 0.739 bits per heavy atom. The monoisotopic (exact) mass is 297 g/mol. The second-order valence-corrected chi connectivity index (χ2v) is 5.63. The number of benzene rings is 2. The Labute approximate surface area is 135 Å². The Kier molecular flexibility index (Phi) is 3.35. The third-order valence-corrected chi connectivity index (χ3v) is 4.08. The molecule has 2 nitrogen and oxygen atoms in total. The molecule has 0 N–H and O–H groups in total. The van der Waals surface area contributed by atoms with Gasteiger partial charge in [-0.1, -0.05) is 24.3 Å². The van der Waals surface area contributed by atoms with E-state index < -0.39 is 0 Å². The molecule has 23 heavy (non-hydrogen) atoms. The molecule has 0 aliphatic heterocycles. The van der Waals surface area contributed by atoms with Gasteiger partial charge >= 0.3 is 0 Å². The Balaban J connectivity index is 1.81. The van der Waals surface area contributed by atoms with Crippen LogP contribution in [0.4, 0.5) is 0 Å². The molecule has 0 saturated carbocycles. The van der Waals surface area contributed by atoms with Gasteiger partial charge < -0.3 is 0 Å². The van der Waals surface area contributed by atoms with Crippen LogP contribution in [0.5, 0.6) is 0 Å². The van der Waals surface area contributed by atoms with Crippen LogP contribution in [-0.2, 0) is 0 Å². The van der Waals surface area contributed by atoms with Crippen LogP contribution >= 0.6 is 0 Å². The third-order valence-electron chi connectivity index (χ3n) is 4.08. The number of rotatable bonds is 2. The highest BCUT2D eigenvalue weighted by Gasteiger charge is 2.10. The lowest BCUT2D eigenvalue weighted by molar-refractivity contribution is -0.602. The number of hydrogen-bond acceptors (Lipinski definition) is 0. The molecule has 0 atom stereocenters. The van der Waals surface area contributed by atoms with Gasteiger partial charge in [0.05, 0.1) is 6.20 Å². The quantitative estimate of drug-likeness (QED) is 0.395. The fourth-order valence-electron chi connectivity index (χ4n) is 2.86. The minimum atomic E-state index is 1.12. The van der Waals surface area contributed by atoms with Crippen molar-refractivity contribution < 1.29 is 9.13 Å². The largest absolute Gasteiger partial charge is 0.285 e. The van der Waals surface area contributed by atoms with Gasteiger partial charge in [-0.25, -0.2) is 0 Å². The molecule has 0 saturated heterocycles. The number of aromatic nitrogens is 2. The molecular formula is C21H17N2+. The van der Waals surface area contributed by atoms with E-state index in [1.807, 2.05) is 29.0 Å². The molecule has 0 spiro atoms. The normalized spacial score (nSPS) is 10.8. The molecule has 2 aromatic heterocycles. The van der Waals surface area contributed by atoms with Crippen LogP contribution in [0.1, 0.15) is 5.69 Å². The second kappa shape index (κ2) is 5.65. The summed E-state index contributed by atoms with van der Waals surface area (Å²) in [5.41, 5.74) is 3.52. The summed E-state index contributed by atoms with van der Waals surface area (Å²) in [5.74, 6) is 0. The third kappa shape index (κ3) is 2.59. The van der Waals surface area contributed by atoms with Crippen LogP contribution < -0.4 is 9.13 Å². The molecule has 4 aromatic rings. The average Bonchev–Trinajstić information content (AvgIpc) is 2.62. The van der Waals surface area contributed by atoms with Crippen molar-refractivity contribution in [3.05, 3.63) is 97.1 Å². The summed E-state index contributed by atoms with van der Waals surface area (Å²) in [4.78, 5) is 0. The Bertz CT molecular complexity index is 975. The first-order chi connectivity index (χ1) is 11.3. The summed E-state index contributed by atoms with van der Waals surface area (Å²) in [7, 11) is 0. The summed E-state index contributed by atoms with van der Waals surface area (Å²) >= 11 is 0. The lowest BCUT2D eigenvalue weighted by Crippen LogP contribution is -2.33. The SMILES string of the molecule is Cc1cccc[n+]1-c1ccc2cc(-[n+]3[c-]cccc3)ccc2c1. The van der Waals surface area contributed by atoms with Gasteiger partial charge in [0, 0.05) is 31.2 Å². The van der Waals surface area contributed by atoms with Gasteiger partial charge in [0.2, 0.25) is 5.69 Å². The Morgan fingerprint density at radius 2 is 1.48 bits per heavy atom. The second-order valence-electron chi connectivity index (χ2n) is 5.63. The number of aryl methyl sites for hydroxylation is 1. The van der Waals surface area contributed by atoms with Crippen LogP contribution in [-0.4, -0.2) is 0 Å². The van der Waals surface area contributed by atoms with E-state index in [1.54, 1.807) is 0 Å². The lowest BCUT2D eigenvalue weighted by Gasteiger charge is -2.05. The number of nitrogens with zero attached hydrogens (tertiary/aromatic N) is 2. The molecule has 110 valence electrons. The number of fused-ring (bicyclic) bond motifs is 1. The zero-order valence-electron chi connectivity index (χ0n) is 13.0. The van der Waals surface area contributed by atoms with E-state index >= 15 is 0 Å². The molecule has 0 radical (unpaired) electrons. The van der Waals surface area contributed by atoms with Gasteiger partial charge in [-0.15, -0.1) is 6.07 Å². The topological polar surface area (TPSA) is 7.76 Å². The minimum Gasteiger partial charge on any atom is -0.285 e. The van der Waals surface area contributed by atoms with E-state index in [2.05, 4.69) is 78.5 Å². The smallest absolute Gasteiger partial charge is 0.211 e. The molecule has 0 fully saturated rings. The lowest BCUT2D eigenvalue weighted by atomic mass is 10.1. The number of pyridine rings is 2. The van der Waals surface area contributed by atoms with Gasteiger partial charge in [0.25, 0.3) is 0 Å². The van der Waals surface area contributed by atoms with Crippen LogP contribution in [0, 0.1) is 13.1 Å². The van der Waals surface area contributed by atoms with E-state index in [4.69, 9.17) is 0 Å². The zero-order valence-corrected chi connectivity index (χ0v) is 13.0. The van der Waals surface area contributed by atoms with Gasteiger partial charge in [-0.2, -0.15) is 4.57 Å². The maximum atomic E-state index is 3.21. The average molecular weight is 297 g/mol. The van der Waals surface area contributed by atoms with Crippen molar-refractivity contribution in [2.24, 2.45) is 0 Å². The molecular weight excluding hydrogens is 280 g/mol. The first kappa shape index (κ1) is 13.6. The van der Waals surface area contributed by atoms with Crippen LogP contribution in [0.2, 0.25) is 0 Å². The summed E-state index contributed by atoms with van der Waals surface area (Å²) in [6.45, 7) is 2.12. The van der Waals surface area contributed by atoms with Gasteiger partial charge in [0.15, 0.2) is 18.1 Å². The van der Waals surface area contributed by atoms with Crippen molar-refractivity contribution in [2.75, 3.05) is 0 Å². The van der Waals surface area contributed by atoms with Crippen molar-refractivity contribution in [3.63, 3.8) is 0 Å². The summed E-state index contributed by atoms with van der Waals surface area (Å²) in [6.07, 6.45) is 7.32. The molecule has 0 amide bonds. The number of hydrogen-bond donors (Lipinski definition) is 0. The molecule has 0 bridgehead atoms. The molecule has 2 heteroatoms. The van der Waals surface area contributed by atoms with E-state index in [0.717, 1.165) is 5.69 Å². The van der Waals surface area contributed by atoms with Crippen molar-refractivity contribution in [1.29, 1.82) is 0 Å². The van der Waals surface area contributed by atoms with Crippen molar-refractivity contribution in [1.82, 2.24) is 0 Å². The summed E-state index contributed by atoms with van der Waals surface area (Å²) in [6, 6.07) is 25.2. The predicted octanol–water partition coefficient (Wildman–Crippen LogP) is 3.50. The fraction of sp³-hybridized carbons (Fsp3) is 0.0476. The standard InChI is InChI=1S/C21H17N2/c1-17-7-3-6-14-23(17)21-11-9-18-15-20(10-8-19(18)16-21)22-12-4-2-5-13-22/h2-12,14-16H,1H3/q+1. The maximum Gasteiger partial charge on any atom is 0.211 e. The maximum absolute atomic E-state index is 3.21.